The molecule has 0 radical (unpaired) electrons. The molecule has 1 unspecified atom stereocenters. The lowest BCUT2D eigenvalue weighted by Crippen LogP contribution is -3.06. The number of quaternary nitrogens is 1. The van der Waals surface area contributed by atoms with E-state index in [2.05, 4.69) is 19.2 Å². The van der Waals surface area contributed by atoms with Gasteiger partial charge in [-0.1, -0.05) is 0 Å². The van der Waals surface area contributed by atoms with Gasteiger partial charge >= 0.3 is 5.63 Å². The second-order valence-electron chi connectivity index (χ2n) is 6.11. The highest BCUT2D eigenvalue weighted by molar-refractivity contribution is 5.81. The summed E-state index contributed by atoms with van der Waals surface area (Å²) in [5.74, 6) is 1.52. The molecule has 0 aliphatic heterocycles. The number of hydrogen-bond acceptors (Lipinski definition) is 4. The number of benzene rings is 2. The molecule has 1 atom stereocenters. The van der Waals surface area contributed by atoms with Gasteiger partial charge in [-0.15, -0.1) is 0 Å². The first kappa shape index (κ1) is 17.0. The van der Waals surface area contributed by atoms with E-state index in [0.717, 1.165) is 29.8 Å². The maximum absolute atomic E-state index is 11.9. The minimum absolute atomic E-state index is 0.340. The van der Waals surface area contributed by atoms with Crippen molar-refractivity contribution < 1.29 is 18.8 Å². The van der Waals surface area contributed by atoms with Crippen LogP contribution in [0.3, 0.4) is 0 Å². The fraction of sp³-hybridized carbons (Fsp3) is 0.250. The van der Waals surface area contributed by atoms with Gasteiger partial charge < -0.3 is 18.8 Å². The number of hydrogen-bond donors (Lipinski definition) is 1. The molecule has 0 saturated heterocycles. The van der Waals surface area contributed by atoms with Gasteiger partial charge in [0.25, 0.3) is 0 Å². The van der Waals surface area contributed by atoms with Crippen LogP contribution in [0.4, 0.5) is 0 Å². The van der Waals surface area contributed by atoms with E-state index in [1.807, 2.05) is 24.3 Å². The third-order valence-corrected chi connectivity index (χ3v) is 4.19. The molecule has 0 aliphatic carbocycles. The lowest BCUT2D eigenvalue weighted by atomic mass is 10.1. The normalized spacial score (nSPS) is 12.1. The number of methoxy groups -OCH3 is 2. The van der Waals surface area contributed by atoms with Crippen LogP contribution >= 0.6 is 0 Å². The Morgan fingerprint density at radius 2 is 1.60 bits per heavy atom. The summed E-state index contributed by atoms with van der Waals surface area (Å²) in [4.78, 5) is 13.2. The molecule has 0 fully saturated rings. The van der Waals surface area contributed by atoms with Crippen molar-refractivity contribution in [1.29, 1.82) is 0 Å². The molecule has 130 valence electrons. The third kappa shape index (κ3) is 4.00. The average Bonchev–Trinajstić information content (AvgIpc) is 2.61. The van der Waals surface area contributed by atoms with Gasteiger partial charge in [0.15, 0.2) is 0 Å². The molecule has 0 aliphatic rings. The third-order valence-electron chi connectivity index (χ3n) is 4.19. The maximum atomic E-state index is 11.9. The summed E-state index contributed by atoms with van der Waals surface area (Å²) >= 11 is 0. The molecular weight excluding hydrogens is 318 g/mol. The predicted octanol–water partition coefficient (Wildman–Crippen LogP) is 2.03. The summed E-state index contributed by atoms with van der Waals surface area (Å²) in [6.07, 6.45) is 0. The maximum Gasteiger partial charge on any atom is 0.336 e. The number of fused-ring (bicyclic) bond motifs is 1. The van der Waals surface area contributed by atoms with Crippen LogP contribution < -0.4 is 20.0 Å². The Morgan fingerprint density at radius 1 is 0.920 bits per heavy atom. The lowest BCUT2D eigenvalue weighted by molar-refractivity contribution is -0.907. The van der Waals surface area contributed by atoms with E-state index in [-0.39, 0.29) is 5.63 Å². The lowest BCUT2D eigenvalue weighted by Gasteiger charge is -2.15. The zero-order valence-electron chi connectivity index (χ0n) is 14.7. The Kier molecular flexibility index (Phi) is 5.05. The molecule has 0 amide bonds. The number of ether oxygens (including phenoxy) is 2. The van der Waals surface area contributed by atoms with Crippen LogP contribution in [0.2, 0.25) is 0 Å². The Bertz CT molecular complexity index is 915. The predicted molar refractivity (Wildman–Crippen MR) is 96.3 cm³/mol. The van der Waals surface area contributed by atoms with E-state index in [0.29, 0.717) is 11.3 Å². The molecule has 1 N–H and O–H groups in total. The highest BCUT2D eigenvalue weighted by Crippen LogP contribution is 2.22. The molecule has 5 heteroatoms. The molecule has 1 heterocycles. The molecule has 25 heavy (non-hydrogen) atoms. The first-order valence-corrected chi connectivity index (χ1v) is 8.14. The summed E-state index contributed by atoms with van der Waals surface area (Å²) in [6, 6.07) is 15.2. The molecule has 3 rings (SSSR count). The Labute approximate surface area is 146 Å². The van der Waals surface area contributed by atoms with Gasteiger partial charge in [-0.2, -0.15) is 0 Å². The summed E-state index contributed by atoms with van der Waals surface area (Å²) < 4.78 is 15.7. The van der Waals surface area contributed by atoms with Crippen molar-refractivity contribution in [3.63, 3.8) is 0 Å². The molecular formula is C20H22NO4+. The first-order chi connectivity index (χ1) is 12.1. The van der Waals surface area contributed by atoms with Crippen LogP contribution in [0.5, 0.6) is 11.5 Å². The second-order valence-corrected chi connectivity index (χ2v) is 6.11. The van der Waals surface area contributed by atoms with Crippen LogP contribution in [0.15, 0.2) is 57.7 Å². The number of nitrogens with one attached hydrogen (secondary N) is 1. The zero-order chi connectivity index (χ0) is 17.8. The van der Waals surface area contributed by atoms with Gasteiger partial charge in [-0.25, -0.2) is 4.79 Å². The van der Waals surface area contributed by atoms with E-state index in [1.165, 1.54) is 10.5 Å². The Balaban J connectivity index is 1.82. The second kappa shape index (κ2) is 7.40. The van der Waals surface area contributed by atoms with Crippen molar-refractivity contribution in [3.8, 4) is 11.5 Å². The van der Waals surface area contributed by atoms with Gasteiger partial charge in [-0.3, -0.25) is 0 Å². The minimum Gasteiger partial charge on any atom is -0.497 e. The minimum atomic E-state index is -0.340. The summed E-state index contributed by atoms with van der Waals surface area (Å²) in [6.45, 7) is 1.57. The van der Waals surface area contributed by atoms with Crippen LogP contribution in [0.25, 0.3) is 11.0 Å². The van der Waals surface area contributed by atoms with Crippen molar-refractivity contribution in [2.45, 2.75) is 13.1 Å². The average molecular weight is 340 g/mol. The standard InChI is InChI=1S/C20H21NO4/c1-21(12-14-4-6-16(23-2)7-5-14)13-15-10-20(22)25-19-11-17(24-3)8-9-18(15)19/h4-11H,12-13H2,1-3H3/p+1. The largest absolute Gasteiger partial charge is 0.497 e. The van der Waals surface area contributed by atoms with E-state index in [4.69, 9.17) is 13.9 Å². The van der Waals surface area contributed by atoms with Crippen LogP contribution in [-0.4, -0.2) is 21.3 Å². The van der Waals surface area contributed by atoms with Crippen LogP contribution in [-0.2, 0) is 13.1 Å². The molecule has 0 bridgehead atoms. The highest BCUT2D eigenvalue weighted by atomic mass is 16.5. The van der Waals surface area contributed by atoms with Crippen molar-refractivity contribution in [2.75, 3.05) is 21.3 Å². The van der Waals surface area contributed by atoms with Crippen molar-refractivity contribution >= 4 is 11.0 Å². The first-order valence-electron chi connectivity index (χ1n) is 8.14. The van der Waals surface area contributed by atoms with Crippen molar-refractivity contribution in [1.82, 2.24) is 0 Å². The monoisotopic (exact) mass is 340 g/mol. The Morgan fingerprint density at radius 3 is 2.28 bits per heavy atom. The SMILES string of the molecule is COc1ccc(C[NH+](C)Cc2cc(=O)oc3cc(OC)ccc23)cc1. The highest BCUT2D eigenvalue weighted by Gasteiger charge is 2.12. The quantitative estimate of drug-likeness (QED) is 0.698. The molecule has 0 spiro atoms. The van der Waals surface area contributed by atoms with Gasteiger partial charge in [0, 0.05) is 28.6 Å². The van der Waals surface area contributed by atoms with Gasteiger partial charge in [0.05, 0.1) is 21.3 Å². The van der Waals surface area contributed by atoms with Crippen LogP contribution in [0.1, 0.15) is 11.1 Å². The zero-order valence-corrected chi connectivity index (χ0v) is 14.7. The van der Waals surface area contributed by atoms with E-state index in [9.17, 15) is 4.79 Å². The van der Waals surface area contributed by atoms with E-state index in [1.54, 1.807) is 26.4 Å². The molecule has 5 nitrogen and oxygen atoms in total. The molecule has 0 saturated carbocycles. The smallest absolute Gasteiger partial charge is 0.336 e. The Hall–Kier alpha value is -2.79. The topological polar surface area (TPSA) is 53.1 Å². The molecule has 1 aromatic heterocycles. The van der Waals surface area contributed by atoms with Gasteiger partial charge in [-0.05, 0) is 36.4 Å². The van der Waals surface area contributed by atoms with Crippen molar-refractivity contribution in [2.24, 2.45) is 0 Å². The summed E-state index contributed by atoms with van der Waals surface area (Å²) in [7, 11) is 5.36. The fourth-order valence-corrected chi connectivity index (χ4v) is 2.96. The molecule has 2 aromatic carbocycles. The van der Waals surface area contributed by atoms with Crippen LogP contribution in [0, 0.1) is 0 Å². The molecule has 3 aromatic rings. The van der Waals surface area contributed by atoms with Gasteiger partial charge in [0.2, 0.25) is 0 Å². The number of rotatable bonds is 6. The van der Waals surface area contributed by atoms with Crippen molar-refractivity contribution in [3.05, 3.63) is 70.1 Å². The van der Waals surface area contributed by atoms with E-state index < -0.39 is 0 Å². The van der Waals surface area contributed by atoms with E-state index >= 15 is 0 Å². The summed E-state index contributed by atoms with van der Waals surface area (Å²) in [5, 5.41) is 0.939. The fourth-order valence-electron chi connectivity index (χ4n) is 2.96. The van der Waals surface area contributed by atoms with Gasteiger partial charge in [0.1, 0.15) is 30.2 Å². The summed E-state index contributed by atoms with van der Waals surface area (Å²) in [5.41, 5.74) is 2.40.